The van der Waals surface area contributed by atoms with Crippen molar-refractivity contribution in [3.05, 3.63) is 65.6 Å². The van der Waals surface area contributed by atoms with Gasteiger partial charge < -0.3 is 4.90 Å². The smallest absolute Gasteiger partial charge is 0.146 e. The summed E-state index contributed by atoms with van der Waals surface area (Å²) in [7, 11) is 4.00. The summed E-state index contributed by atoms with van der Waals surface area (Å²) in [6, 6.07) is 16.9. The molecule has 0 saturated carbocycles. The molecule has 0 unspecified atom stereocenters. The first-order valence-corrected chi connectivity index (χ1v) is 6.39. The number of rotatable bonds is 1. The van der Waals surface area contributed by atoms with Crippen LogP contribution in [0.5, 0.6) is 0 Å². The fraction of sp³-hybridized carbons (Fsp3) is 0.125. The molecule has 0 amide bonds. The van der Waals surface area contributed by atoms with Crippen molar-refractivity contribution in [1.29, 1.82) is 0 Å². The minimum Gasteiger partial charge on any atom is -0.362 e. The lowest BCUT2D eigenvalue weighted by molar-refractivity contribution is 0.631. The van der Waals surface area contributed by atoms with E-state index in [1.807, 2.05) is 19.0 Å². The number of likely N-dealkylation sites (N-methyl/N-ethyl adjacent to an activating group) is 1. The number of thiocarbonyl (C=S) groups is 1. The molecule has 1 nitrogen and oxygen atoms in total. The van der Waals surface area contributed by atoms with Crippen LogP contribution in [0.25, 0.3) is 11.1 Å². The van der Waals surface area contributed by atoms with Crippen molar-refractivity contribution in [2.75, 3.05) is 14.1 Å². The van der Waals surface area contributed by atoms with Crippen LogP contribution >= 0.6 is 12.2 Å². The molecule has 3 rings (SSSR count). The molecule has 0 saturated heterocycles. The Kier molecular flexibility index (Phi) is 2.60. The molecule has 88 valence electrons. The van der Waals surface area contributed by atoms with Gasteiger partial charge in [0.1, 0.15) is 10.9 Å². The van der Waals surface area contributed by atoms with Gasteiger partial charge in [-0.1, -0.05) is 12.2 Å². The standard InChI is InChI=1S/C16H14NS/c1-17(2)16(18)15-13-9-5-3-7-11(13)12-8-4-6-10-14(12)15/h3-10H,1-2H3/q+1. The topological polar surface area (TPSA) is 3.24 Å². The van der Waals surface area contributed by atoms with Crippen molar-refractivity contribution >= 4 is 17.2 Å². The van der Waals surface area contributed by atoms with Gasteiger partial charge in [-0.2, -0.15) is 0 Å². The number of benzene rings is 2. The maximum Gasteiger partial charge on any atom is 0.146 e. The Balaban J connectivity index is 2.24. The quantitative estimate of drug-likeness (QED) is 0.564. The van der Waals surface area contributed by atoms with Gasteiger partial charge in [0.2, 0.25) is 0 Å². The van der Waals surface area contributed by atoms with Crippen molar-refractivity contribution in [3.8, 4) is 11.1 Å². The maximum atomic E-state index is 5.58. The van der Waals surface area contributed by atoms with Crippen molar-refractivity contribution in [2.45, 2.75) is 0 Å². The van der Waals surface area contributed by atoms with Crippen LogP contribution in [0.15, 0.2) is 48.5 Å². The van der Waals surface area contributed by atoms with Gasteiger partial charge in [0.15, 0.2) is 0 Å². The highest BCUT2D eigenvalue weighted by atomic mass is 32.1. The van der Waals surface area contributed by atoms with E-state index in [-0.39, 0.29) is 0 Å². The molecule has 1 aliphatic carbocycles. The molecule has 0 aliphatic heterocycles. The molecule has 18 heavy (non-hydrogen) atoms. The Morgan fingerprint density at radius 3 is 1.78 bits per heavy atom. The Labute approximate surface area is 113 Å². The molecule has 2 aromatic carbocycles. The Bertz CT molecular complexity index is 570. The summed E-state index contributed by atoms with van der Waals surface area (Å²) in [5.74, 6) is 1.18. The van der Waals surface area contributed by atoms with Crippen LogP contribution in [0.1, 0.15) is 11.1 Å². The lowest BCUT2D eigenvalue weighted by atomic mass is 9.96. The predicted octanol–water partition coefficient (Wildman–Crippen LogP) is 3.53. The highest BCUT2D eigenvalue weighted by molar-refractivity contribution is 7.80. The third-order valence-electron chi connectivity index (χ3n) is 3.30. The third kappa shape index (κ3) is 1.53. The second kappa shape index (κ2) is 4.14. The summed E-state index contributed by atoms with van der Waals surface area (Å²) in [6.07, 6.45) is 0. The molecule has 0 radical (unpaired) electrons. The zero-order chi connectivity index (χ0) is 12.7. The van der Waals surface area contributed by atoms with Crippen LogP contribution < -0.4 is 0 Å². The lowest BCUT2D eigenvalue weighted by Crippen LogP contribution is -2.26. The third-order valence-corrected chi connectivity index (χ3v) is 3.87. The largest absolute Gasteiger partial charge is 0.362 e. The van der Waals surface area contributed by atoms with Gasteiger partial charge in [0.05, 0.1) is 22.3 Å². The number of hydrogen-bond donors (Lipinski definition) is 0. The van der Waals surface area contributed by atoms with Crippen LogP contribution in [-0.2, 0) is 0 Å². The summed E-state index contributed by atoms with van der Waals surface area (Å²) in [6.45, 7) is 0. The van der Waals surface area contributed by atoms with Gasteiger partial charge in [0.25, 0.3) is 0 Å². The lowest BCUT2D eigenvalue weighted by Gasteiger charge is -2.17. The van der Waals surface area contributed by atoms with E-state index >= 15 is 0 Å². The molecule has 0 N–H and O–H groups in total. The van der Waals surface area contributed by atoms with Crippen LogP contribution in [0.3, 0.4) is 0 Å². The first-order valence-electron chi connectivity index (χ1n) is 5.98. The molecule has 0 bridgehead atoms. The Morgan fingerprint density at radius 2 is 1.33 bits per heavy atom. The summed E-state index contributed by atoms with van der Waals surface area (Å²) in [5.41, 5.74) is 5.06. The fourth-order valence-corrected chi connectivity index (χ4v) is 2.69. The van der Waals surface area contributed by atoms with E-state index in [9.17, 15) is 0 Å². The van der Waals surface area contributed by atoms with Gasteiger partial charge in [0, 0.05) is 26.2 Å². The van der Waals surface area contributed by atoms with Crippen LogP contribution in [-0.4, -0.2) is 24.0 Å². The molecule has 0 aromatic heterocycles. The highest BCUT2D eigenvalue weighted by Gasteiger charge is 2.39. The summed E-state index contributed by atoms with van der Waals surface area (Å²) < 4.78 is 0. The van der Waals surface area contributed by atoms with Crippen molar-refractivity contribution in [3.63, 3.8) is 0 Å². The van der Waals surface area contributed by atoms with Gasteiger partial charge in [-0.15, -0.1) is 0 Å². The van der Waals surface area contributed by atoms with E-state index in [1.165, 1.54) is 28.2 Å². The Hall–Kier alpha value is -1.80. The van der Waals surface area contributed by atoms with E-state index < -0.39 is 0 Å². The van der Waals surface area contributed by atoms with Gasteiger partial charge in [-0.3, -0.25) is 0 Å². The average Bonchev–Trinajstić information content (AvgIpc) is 2.72. The van der Waals surface area contributed by atoms with Crippen molar-refractivity contribution < 1.29 is 0 Å². The number of hydrogen-bond acceptors (Lipinski definition) is 1. The second-order valence-electron chi connectivity index (χ2n) is 4.67. The second-order valence-corrected chi connectivity index (χ2v) is 5.05. The van der Waals surface area contributed by atoms with Gasteiger partial charge in [-0.25, -0.2) is 0 Å². The summed E-state index contributed by atoms with van der Waals surface area (Å²) >= 11 is 5.58. The van der Waals surface area contributed by atoms with Crippen LogP contribution in [0.2, 0.25) is 0 Å². The summed E-state index contributed by atoms with van der Waals surface area (Å²) in [4.78, 5) is 2.90. The molecular weight excluding hydrogens is 238 g/mol. The number of fused-ring (bicyclic) bond motifs is 3. The number of nitrogens with zero attached hydrogens (tertiary/aromatic N) is 1. The molecule has 0 spiro atoms. The van der Waals surface area contributed by atoms with Crippen molar-refractivity contribution in [1.82, 2.24) is 4.90 Å². The van der Waals surface area contributed by atoms with Gasteiger partial charge >= 0.3 is 0 Å². The van der Waals surface area contributed by atoms with E-state index in [2.05, 4.69) is 48.5 Å². The van der Waals surface area contributed by atoms with E-state index in [1.54, 1.807) is 0 Å². The van der Waals surface area contributed by atoms with E-state index in [4.69, 9.17) is 12.2 Å². The predicted molar refractivity (Wildman–Crippen MR) is 79.6 cm³/mol. The van der Waals surface area contributed by atoms with Crippen molar-refractivity contribution in [2.24, 2.45) is 0 Å². The molecule has 0 heterocycles. The minimum atomic E-state index is 0.896. The molecular formula is C16H14NS+. The highest BCUT2D eigenvalue weighted by Crippen LogP contribution is 2.44. The maximum absolute atomic E-state index is 5.58. The normalized spacial score (nSPS) is 12.0. The average molecular weight is 252 g/mol. The molecule has 2 aromatic rings. The first-order chi connectivity index (χ1) is 8.70. The molecule has 2 heteroatoms. The zero-order valence-corrected chi connectivity index (χ0v) is 11.3. The van der Waals surface area contributed by atoms with E-state index in [0.29, 0.717) is 0 Å². The molecule has 0 atom stereocenters. The van der Waals surface area contributed by atoms with E-state index in [0.717, 1.165) is 4.99 Å². The monoisotopic (exact) mass is 252 g/mol. The van der Waals surface area contributed by atoms with Crippen LogP contribution in [0.4, 0.5) is 0 Å². The summed E-state index contributed by atoms with van der Waals surface area (Å²) in [5, 5.41) is 0. The zero-order valence-electron chi connectivity index (χ0n) is 10.5. The first kappa shape index (κ1) is 11.3. The van der Waals surface area contributed by atoms with Gasteiger partial charge in [-0.05, 0) is 36.4 Å². The Morgan fingerprint density at radius 1 is 0.889 bits per heavy atom. The molecule has 0 fully saturated rings. The van der Waals surface area contributed by atoms with Crippen LogP contribution in [0, 0.1) is 5.92 Å². The minimum absolute atomic E-state index is 0.896. The fourth-order valence-electron chi connectivity index (χ4n) is 2.47. The molecule has 1 aliphatic rings. The SMILES string of the molecule is CN(C)C(=S)[C+]1c2ccccc2-c2ccccc21.